The number of nitrogens with one attached hydrogen (secondary N) is 2. The van der Waals surface area contributed by atoms with E-state index in [0.717, 1.165) is 30.9 Å². The molecule has 34 heavy (non-hydrogen) atoms. The van der Waals surface area contributed by atoms with Crippen LogP contribution < -0.4 is 15.4 Å². The Balaban J connectivity index is 1.35. The summed E-state index contributed by atoms with van der Waals surface area (Å²) in [7, 11) is 3.70. The largest absolute Gasteiger partial charge is 0.487 e. The van der Waals surface area contributed by atoms with Crippen LogP contribution in [0.15, 0.2) is 18.2 Å². The fourth-order valence-corrected chi connectivity index (χ4v) is 5.27. The van der Waals surface area contributed by atoms with Gasteiger partial charge in [0, 0.05) is 30.3 Å². The summed E-state index contributed by atoms with van der Waals surface area (Å²) in [6, 6.07) is 5.63. The summed E-state index contributed by atoms with van der Waals surface area (Å²) in [5.74, 6) is 0.632. The van der Waals surface area contributed by atoms with E-state index in [0.29, 0.717) is 25.2 Å². The Morgan fingerprint density at radius 1 is 1.18 bits per heavy atom. The van der Waals surface area contributed by atoms with Crippen LogP contribution in [0, 0.1) is 0 Å². The van der Waals surface area contributed by atoms with Gasteiger partial charge in [-0.3, -0.25) is 9.59 Å². The summed E-state index contributed by atoms with van der Waals surface area (Å²) < 4.78 is 12.2. The van der Waals surface area contributed by atoms with Crippen molar-refractivity contribution in [3.63, 3.8) is 0 Å². The Bertz CT molecular complexity index is 858. The van der Waals surface area contributed by atoms with Crippen LogP contribution in [0.1, 0.15) is 43.6 Å². The van der Waals surface area contributed by atoms with E-state index in [1.54, 1.807) is 0 Å². The zero-order valence-electron chi connectivity index (χ0n) is 20.3. The first-order valence-corrected chi connectivity index (χ1v) is 12.4. The van der Waals surface area contributed by atoms with Gasteiger partial charge in [0.15, 0.2) is 0 Å². The minimum absolute atomic E-state index is 0.00208. The van der Waals surface area contributed by atoms with Crippen molar-refractivity contribution in [3.8, 4) is 5.75 Å². The smallest absolute Gasteiger partial charge is 0.238 e. The van der Waals surface area contributed by atoms with Crippen LogP contribution in [0.3, 0.4) is 0 Å². The maximum absolute atomic E-state index is 12.6. The van der Waals surface area contributed by atoms with E-state index in [1.807, 2.05) is 37.2 Å². The first-order chi connectivity index (χ1) is 16.4. The SMILES string of the molecule is CN(C)CC(=O)Nc1ccc2c(c1)[C@@H]1C[C@H](CC(=O)NCCN3CCCCC3)O[C@H](CO)[C@@H]1O2. The van der Waals surface area contributed by atoms with Crippen molar-refractivity contribution in [1.29, 1.82) is 0 Å². The molecule has 4 rings (SSSR count). The summed E-state index contributed by atoms with van der Waals surface area (Å²) in [5.41, 5.74) is 1.71. The molecule has 0 aliphatic carbocycles. The van der Waals surface area contributed by atoms with Crippen molar-refractivity contribution in [2.75, 3.05) is 58.7 Å². The van der Waals surface area contributed by atoms with Crippen molar-refractivity contribution in [2.24, 2.45) is 0 Å². The predicted octanol–water partition coefficient (Wildman–Crippen LogP) is 1.17. The first-order valence-electron chi connectivity index (χ1n) is 12.4. The van der Waals surface area contributed by atoms with Gasteiger partial charge >= 0.3 is 0 Å². The molecule has 188 valence electrons. The molecule has 2 amide bonds. The third-order valence-corrected chi connectivity index (χ3v) is 6.85. The third kappa shape index (κ3) is 6.27. The van der Waals surface area contributed by atoms with Gasteiger partial charge < -0.3 is 35.0 Å². The third-order valence-electron chi connectivity index (χ3n) is 6.85. The molecule has 3 aliphatic heterocycles. The number of aliphatic hydroxyl groups excluding tert-OH is 1. The molecule has 1 aromatic rings. The lowest BCUT2D eigenvalue weighted by Crippen LogP contribution is -2.47. The lowest BCUT2D eigenvalue weighted by molar-refractivity contribution is -0.142. The Morgan fingerprint density at radius 2 is 1.97 bits per heavy atom. The number of aliphatic hydroxyl groups is 1. The van der Waals surface area contributed by atoms with Gasteiger partial charge in [-0.1, -0.05) is 6.42 Å². The number of hydrogen-bond acceptors (Lipinski definition) is 7. The van der Waals surface area contributed by atoms with E-state index in [4.69, 9.17) is 9.47 Å². The second-order valence-corrected chi connectivity index (χ2v) is 9.90. The van der Waals surface area contributed by atoms with Gasteiger partial charge in [0.1, 0.15) is 18.0 Å². The summed E-state index contributed by atoms with van der Waals surface area (Å²) in [6.45, 7) is 3.87. The molecule has 9 heteroatoms. The monoisotopic (exact) mass is 474 g/mol. The van der Waals surface area contributed by atoms with Crippen molar-refractivity contribution in [2.45, 2.75) is 56.3 Å². The topological polar surface area (TPSA) is 103 Å². The first kappa shape index (κ1) is 24.9. The molecular formula is C25H38N4O5. The van der Waals surface area contributed by atoms with E-state index in [-0.39, 0.29) is 43.0 Å². The molecule has 2 fully saturated rings. The van der Waals surface area contributed by atoms with E-state index < -0.39 is 6.10 Å². The van der Waals surface area contributed by atoms with E-state index in [2.05, 4.69) is 15.5 Å². The molecule has 0 saturated carbocycles. The Morgan fingerprint density at radius 3 is 2.71 bits per heavy atom. The highest BCUT2D eigenvalue weighted by Gasteiger charge is 2.46. The average molecular weight is 475 g/mol. The molecule has 0 aromatic heterocycles. The van der Waals surface area contributed by atoms with E-state index >= 15 is 0 Å². The summed E-state index contributed by atoms with van der Waals surface area (Å²) >= 11 is 0. The number of rotatable bonds is 9. The van der Waals surface area contributed by atoms with Gasteiger partial charge in [-0.25, -0.2) is 0 Å². The van der Waals surface area contributed by atoms with Crippen molar-refractivity contribution in [1.82, 2.24) is 15.1 Å². The highest BCUT2D eigenvalue weighted by molar-refractivity contribution is 5.92. The second kappa shape index (κ2) is 11.5. The Labute approximate surface area is 201 Å². The molecule has 2 saturated heterocycles. The van der Waals surface area contributed by atoms with Crippen LogP contribution in [0.5, 0.6) is 5.75 Å². The quantitative estimate of drug-likeness (QED) is 0.494. The second-order valence-electron chi connectivity index (χ2n) is 9.90. The predicted molar refractivity (Wildman–Crippen MR) is 129 cm³/mol. The lowest BCUT2D eigenvalue weighted by Gasteiger charge is -2.37. The molecular weight excluding hydrogens is 436 g/mol. The number of carbonyl (C=O) groups excluding carboxylic acids is 2. The summed E-state index contributed by atoms with van der Waals surface area (Å²) in [4.78, 5) is 29.0. The molecule has 3 aliphatic rings. The molecule has 9 nitrogen and oxygen atoms in total. The number of fused-ring (bicyclic) bond motifs is 3. The molecule has 0 bridgehead atoms. The fourth-order valence-electron chi connectivity index (χ4n) is 5.27. The standard InChI is InChI=1S/C25H38N4O5/c1-28(2)15-24(32)27-17-6-7-21-19(12-17)20-13-18(33-22(16-30)25(20)34-21)14-23(31)26-8-11-29-9-4-3-5-10-29/h6-7,12,18,20,22,25,30H,3-5,8-11,13-16H2,1-2H3,(H,26,31)(H,27,32)/t18-,20+,22-,25-/m1/s1. The van der Waals surface area contributed by atoms with Crippen molar-refractivity contribution in [3.05, 3.63) is 23.8 Å². The van der Waals surface area contributed by atoms with Gasteiger partial charge in [-0.2, -0.15) is 0 Å². The number of nitrogens with zero attached hydrogens (tertiary/aromatic N) is 2. The number of ether oxygens (including phenoxy) is 2. The zero-order chi connectivity index (χ0) is 24.1. The molecule has 0 radical (unpaired) electrons. The normalized spacial score (nSPS) is 26.5. The fraction of sp³-hybridized carbons (Fsp3) is 0.680. The summed E-state index contributed by atoms with van der Waals surface area (Å²) in [5, 5.41) is 15.9. The molecule has 3 N–H and O–H groups in total. The lowest BCUT2D eigenvalue weighted by atomic mass is 9.84. The number of carbonyl (C=O) groups is 2. The van der Waals surface area contributed by atoms with Gasteiger partial charge in [0.05, 0.1) is 25.7 Å². The van der Waals surface area contributed by atoms with Gasteiger partial charge in [-0.05, 0) is 64.6 Å². The minimum Gasteiger partial charge on any atom is -0.487 e. The molecule has 4 atom stereocenters. The maximum Gasteiger partial charge on any atom is 0.238 e. The number of likely N-dealkylation sites (N-methyl/N-ethyl adjacent to an activating group) is 1. The highest BCUT2D eigenvalue weighted by Crippen LogP contribution is 2.47. The minimum atomic E-state index is -0.496. The van der Waals surface area contributed by atoms with E-state index in [1.165, 1.54) is 19.3 Å². The van der Waals surface area contributed by atoms with Crippen molar-refractivity contribution < 1.29 is 24.2 Å². The van der Waals surface area contributed by atoms with Crippen LogP contribution in [0.4, 0.5) is 5.69 Å². The molecule has 3 heterocycles. The molecule has 1 aromatic carbocycles. The maximum atomic E-state index is 12.6. The number of amides is 2. The number of hydrogen-bond donors (Lipinski definition) is 3. The van der Waals surface area contributed by atoms with Crippen molar-refractivity contribution >= 4 is 17.5 Å². The van der Waals surface area contributed by atoms with Crippen LogP contribution in [0.2, 0.25) is 0 Å². The van der Waals surface area contributed by atoms with Gasteiger partial charge in [-0.15, -0.1) is 0 Å². The highest BCUT2D eigenvalue weighted by atomic mass is 16.6. The van der Waals surface area contributed by atoms with Crippen LogP contribution >= 0.6 is 0 Å². The number of anilines is 1. The summed E-state index contributed by atoms with van der Waals surface area (Å²) in [6.07, 6.45) is 3.56. The van der Waals surface area contributed by atoms with Gasteiger partial charge in [0.2, 0.25) is 11.8 Å². The average Bonchev–Trinajstić information content (AvgIpc) is 3.16. The number of benzene rings is 1. The number of likely N-dealkylation sites (tertiary alicyclic amines) is 1. The van der Waals surface area contributed by atoms with Crippen LogP contribution in [-0.2, 0) is 14.3 Å². The van der Waals surface area contributed by atoms with Crippen LogP contribution in [-0.4, -0.2) is 98.5 Å². The number of piperidine rings is 1. The van der Waals surface area contributed by atoms with Gasteiger partial charge in [0.25, 0.3) is 0 Å². The Hall–Kier alpha value is -2.20. The molecule has 0 spiro atoms. The van der Waals surface area contributed by atoms with E-state index in [9.17, 15) is 14.7 Å². The zero-order valence-corrected chi connectivity index (χ0v) is 20.3. The van der Waals surface area contributed by atoms with Crippen LogP contribution in [0.25, 0.3) is 0 Å². The Kier molecular flexibility index (Phi) is 8.41. The molecule has 0 unspecified atom stereocenters.